The molecule has 0 radical (unpaired) electrons. The molecule has 0 bridgehead atoms. The van der Waals surface area contributed by atoms with Gasteiger partial charge in [0.05, 0.1) is 5.41 Å². The Kier molecular flexibility index (Phi) is 4.83. The fourth-order valence-corrected chi connectivity index (χ4v) is 3.70. The number of carboxylic acids is 1. The van der Waals surface area contributed by atoms with E-state index in [0.717, 1.165) is 6.42 Å². The SMILES string of the molecule is C[C@H](Cc1ccccc1)NC(=O)[C@@H]1CC[C@@](C)(C(=O)O)C1(C)C. The molecule has 1 aliphatic carbocycles. The minimum Gasteiger partial charge on any atom is -0.481 e. The summed E-state index contributed by atoms with van der Waals surface area (Å²) in [5, 5.41) is 12.6. The van der Waals surface area contributed by atoms with Gasteiger partial charge in [0.25, 0.3) is 0 Å². The van der Waals surface area contributed by atoms with Gasteiger partial charge in [0, 0.05) is 12.0 Å². The van der Waals surface area contributed by atoms with Crippen LogP contribution in [0.2, 0.25) is 0 Å². The summed E-state index contributed by atoms with van der Waals surface area (Å²) in [4.78, 5) is 24.3. The monoisotopic (exact) mass is 317 g/mol. The second kappa shape index (κ2) is 6.34. The number of carbonyl (C=O) groups is 2. The Morgan fingerprint density at radius 3 is 2.39 bits per heavy atom. The van der Waals surface area contributed by atoms with Crippen molar-refractivity contribution in [2.75, 3.05) is 0 Å². The average molecular weight is 317 g/mol. The molecule has 3 atom stereocenters. The Bertz CT molecular complexity index is 582. The van der Waals surface area contributed by atoms with E-state index in [1.807, 2.05) is 51.1 Å². The normalized spacial score (nSPS) is 27.4. The first-order chi connectivity index (χ1) is 10.7. The second-order valence-corrected chi connectivity index (χ2v) is 7.55. The zero-order valence-corrected chi connectivity index (χ0v) is 14.4. The first kappa shape index (κ1) is 17.5. The Morgan fingerprint density at radius 1 is 1.26 bits per heavy atom. The zero-order chi connectivity index (χ0) is 17.3. The number of carbonyl (C=O) groups excluding carboxylic acids is 1. The van der Waals surface area contributed by atoms with Gasteiger partial charge in [-0.2, -0.15) is 0 Å². The van der Waals surface area contributed by atoms with Gasteiger partial charge in [-0.3, -0.25) is 9.59 Å². The van der Waals surface area contributed by atoms with Crippen molar-refractivity contribution in [2.45, 2.75) is 53.0 Å². The van der Waals surface area contributed by atoms with E-state index in [0.29, 0.717) is 12.8 Å². The molecule has 1 aromatic carbocycles. The number of rotatable bonds is 5. The van der Waals surface area contributed by atoms with Crippen molar-refractivity contribution in [3.05, 3.63) is 35.9 Å². The van der Waals surface area contributed by atoms with E-state index in [4.69, 9.17) is 0 Å². The van der Waals surface area contributed by atoms with Crippen LogP contribution in [0.5, 0.6) is 0 Å². The van der Waals surface area contributed by atoms with Crippen LogP contribution < -0.4 is 5.32 Å². The molecule has 1 saturated carbocycles. The molecule has 4 heteroatoms. The van der Waals surface area contributed by atoms with Gasteiger partial charge < -0.3 is 10.4 Å². The highest BCUT2D eigenvalue weighted by Gasteiger charge is 2.58. The quantitative estimate of drug-likeness (QED) is 0.876. The van der Waals surface area contributed by atoms with Crippen LogP contribution in [-0.2, 0) is 16.0 Å². The third-order valence-electron chi connectivity index (χ3n) is 5.79. The van der Waals surface area contributed by atoms with Crippen LogP contribution in [0.25, 0.3) is 0 Å². The molecule has 1 aliphatic rings. The van der Waals surface area contributed by atoms with Gasteiger partial charge in [-0.1, -0.05) is 44.2 Å². The fraction of sp³-hybridized carbons (Fsp3) is 0.579. The maximum absolute atomic E-state index is 12.7. The minimum atomic E-state index is -0.850. The van der Waals surface area contributed by atoms with E-state index in [1.54, 1.807) is 6.92 Å². The molecule has 126 valence electrons. The van der Waals surface area contributed by atoms with Crippen LogP contribution >= 0.6 is 0 Å². The Hall–Kier alpha value is -1.84. The summed E-state index contributed by atoms with van der Waals surface area (Å²) < 4.78 is 0. The lowest BCUT2D eigenvalue weighted by Crippen LogP contribution is -2.47. The maximum Gasteiger partial charge on any atom is 0.309 e. The van der Waals surface area contributed by atoms with Gasteiger partial charge in [0.2, 0.25) is 5.91 Å². The minimum absolute atomic E-state index is 0.0246. The van der Waals surface area contributed by atoms with Crippen molar-refractivity contribution in [2.24, 2.45) is 16.7 Å². The second-order valence-electron chi connectivity index (χ2n) is 7.55. The van der Waals surface area contributed by atoms with Gasteiger partial charge in [0.15, 0.2) is 0 Å². The predicted octanol–water partition coefficient (Wildman–Crippen LogP) is 3.26. The molecule has 1 aromatic rings. The van der Waals surface area contributed by atoms with Crippen LogP contribution in [0.4, 0.5) is 0 Å². The van der Waals surface area contributed by atoms with Crippen LogP contribution in [0.3, 0.4) is 0 Å². The lowest BCUT2D eigenvalue weighted by molar-refractivity contribution is -0.155. The topological polar surface area (TPSA) is 66.4 Å². The Morgan fingerprint density at radius 2 is 1.87 bits per heavy atom. The summed E-state index contributed by atoms with van der Waals surface area (Å²) in [5.41, 5.74) is -0.228. The van der Waals surface area contributed by atoms with E-state index < -0.39 is 16.8 Å². The number of benzene rings is 1. The fourth-order valence-electron chi connectivity index (χ4n) is 3.70. The number of hydrogen-bond donors (Lipinski definition) is 2. The zero-order valence-electron chi connectivity index (χ0n) is 14.4. The van der Waals surface area contributed by atoms with E-state index in [1.165, 1.54) is 5.56 Å². The van der Waals surface area contributed by atoms with Gasteiger partial charge in [-0.05, 0) is 44.1 Å². The summed E-state index contributed by atoms with van der Waals surface area (Å²) in [6.07, 6.45) is 1.94. The van der Waals surface area contributed by atoms with Crippen molar-refractivity contribution < 1.29 is 14.7 Å². The van der Waals surface area contributed by atoms with Crippen molar-refractivity contribution in [1.29, 1.82) is 0 Å². The smallest absolute Gasteiger partial charge is 0.309 e. The van der Waals surface area contributed by atoms with Gasteiger partial charge in [0.1, 0.15) is 0 Å². The molecule has 0 unspecified atom stereocenters. The summed E-state index contributed by atoms with van der Waals surface area (Å²) in [5.74, 6) is -1.10. The van der Waals surface area contributed by atoms with Gasteiger partial charge in [-0.15, -0.1) is 0 Å². The van der Waals surface area contributed by atoms with Crippen molar-refractivity contribution >= 4 is 11.9 Å². The summed E-state index contributed by atoms with van der Waals surface area (Å²) in [6.45, 7) is 7.56. The molecule has 23 heavy (non-hydrogen) atoms. The first-order valence-corrected chi connectivity index (χ1v) is 8.26. The van der Waals surface area contributed by atoms with E-state index >= 15 is 0 Å². The molecule has 0 aliphatic heterocycles. The molecular formula is C19H27NO3. The van der Waals surface area contributed by atoms with Crippen LogP contribution in [-0.4, -0.2) is 23.0 Å². The molecule has 2 rings (SSSR count). The summed E-state index contributed by atoms with van der Waals surface area (Å²) in [7, 11) is 0. The number of carboxylic acid groups (broad SMARTS) is 1. The standard InChI is InChI=1S/C19H27NO3/c1-13(12-14-8-6-5-7-9-14)20-16(21)15-10-11-19(4,17(22)23)18(15,2)3/h5-9,13,15H,10-12H2,1-4H3,(H,20,21)(H,22,23)/t13-,15+,19+/m1/s1. The van der Waals surface area contributed by atoms with Crippen molar-refractivity contribution in [3.8, 4) is 0 Å². The van der Waals surface area contributed by atoms with Crippen LogP contribution in [0, 0.1) is 16.7 Å². The molecule has 0 heterocycles. The number of aliphatic carboxylic acids is 1. The van der Waals surface area contributed by atoms with Gasteiger partial charge >= 0.3 is 5.97 Å². The lowest BCUT2D eigenvalue weighted by atomic mass is 9.65. The van der Waals surface area contributed by atoms with Gasteiger partial charge in [-0.25, -0.2) is 0 Å². The highest BCUT2D eigenvalue weighted by Crippen LogP contribution is 2.56. The lowest BCUT2D eigenvalue weighted by Gasteiger charge is -2.38. The number of nitrogens with one attached hydrogen (secondary N) is 1. The number of amides is 1. The Labute approximate surface area is 138 Å². The van der Waals surface area contributed by atoms with Crippen molar-refractivity contribution in [3.63, 3.8) is 0 Å². The number of hydrogen-bond acceptors (Lipinski definition) is 2. The molecule has 0 saturated heterocycles. The molecule has 2 N–H and O–H groups in total. The van der Waals surface area contributed by atoms with Crippen molar-refractivity contribution in [1.82, 2.24) is 5.32 Å². The highest BCUT2D eigenvalue weighted by atomic mass is 16.4. The molecule has 1 amide bonds. The molecule has 1 fully saturated rings. The first-order valence-electron chi connectivity index (χ1n) is 8.26. The summed E-state index contributed by atoms with van der Waals surface area (Å²) in [6, 6.07) is 10.1. The largest absolute Gasteiger partial charge is 0.481 e. The third kappa shape index (κ3) is 3.26. The van der Waals surface area contributed by atoms with E-state index in [9.17, 15) is 14.7 Å². The Balaban J connectivity index is 2.02. The van der Waals surface area contributed by atoms with E-state index in [-0.39, 0.29) is 17.9 Å². The molecule has 4 nitrogen and oxygen atoms in total. The predicted molar refractivity (Wildman–Crippen MR) is 90.0 cm³/mol. The van der Waals surface area contributed by atoms with Crippen LogP contribution in [0.15, 0.2) is 30.3 Å². The van der Waals surface area contributed by atoms with Crippen LogP contribution in [0.1, 0.15) is 46.1 Å². The molecule has 0 spiro atoms. The third-order valence-corrected chi connectivity index (χ3v) is 5.79. The van der Waals surface area contributed by atoms with E-state index in [2.05, 4.69) is 5.32 Å². The average Bonchev–Trinajstić information content (AvgIpc) is 2.71. The summed E-state index contributed by atoms with van der Waals surface area (Å²) >= 11 is 0. The molecule has 0 aromatic heterocycles. The molecular weight excluding hydrogens is 290 g/mol. The highest BCUT2D eigenvalue weighted by molar-refractivity contribution is 5.84. The maximum atomic E-state index is 12.7.